The van der Waals surface area contributed by atoms with Crippen LogP contribution in [0.25, 0.3) is 0 Å². The molecular weight excluding hydrogens is 376 g/mol. The molecule has 0 spiro atoms. The van der Waals surface area contributed by atoms with Crippen LogP contribution < -0.4 is 0 Å². The van der Waals surface area contributed by atoms with E-state index in [2.05, 4.69) is 55.4 Å². The van der Waals surface area contributed by atoms with Gasteiger partial charge in [-0.25, -0.2) is 0 Å². The van der Waals surface area contributed by atoms with Gasteiger partial charge in [0.15, 0.2) is 0 Å². The van der Waals surface area contributed by atoms with Crippen LogP contribution in [0.2, 0.25) is 0 Å². The highest BCUT2D eigenvalue weighted by Crippen LogP contribution is 2.27. The molecule has 1 unspecified atom stereocenters. The zero-order valence-electron chi connectivity index (χ0n) is 9.77. The molecule has 1 atom stereocenters. The smallest absolute Gasteiger partial charge is 0.0465 e. The first-order valence-electron chi connectivity index (χ1n) is 5.76. The maximum atomic E-state index is 9.52. The van der Waals surface area contributed by atoms with E-state index in [1.165, 1.54) is 10.4 Å². The van der Waals surface area contributed by atoms with Crippen LogP contribution in [0.15, 0.2) is 44.7 Å². The molecule has 0 fully saturated rings. The van der Waals surface area contributed by atoms with Crippen molar-refractivity contribution in [2.24, 2.45) is 5.92 Å². The van der Waals surface area contributed by atoms with E-state index in [1.54, 1.807) is 11.3 Å². The topological polar surface area (TPSA) is 20.2 Å². The first-order valence-corrected chi connectivity index (χ1v) is 8.22. The number of aliphatic hydroxyl groups excluding tert-OH is 1. The molecule has 4 heteroatoms. The SMILES string of the molecule is OCC(Cc1cccc(Br)c1)Cc1sccc1Br. The molecule has 1 aromatic heterocycles. The van der Waals surface area contributed by atoms with Gasteiger partial charge in [-0.15, -0.1) is 11.3 Å². The second kappa shape index (κ2) is 6.85. The fourth-order valence-corrected chi connectivity index (χ4v) is 4.01. The van der Waals surface area contributed by atoms with Crippen molar-refractivity contribution in [3.8, 4) is 0 Å². The van der Waals surface area contributed by atoms with Crippen LogP contribution in [-0.2, 0) is 12.8 Å². The second-order valence-corrected chi connectivity index (χ2v) is 7.05. The molecule has 0 amide bonds. The van der Waals surface area contributed by atoms with Crippen molar-refractivity contribution in [3.63, 3.8) is 0 Å². The molecule has 18 heavy (non-hydrogen) atoms. The van der Waals surface area contributed by atoms with Crippen LogP contribution >= 0.6 is 43.2 Å². The molecule has 0 radical (unpaired) electrons. The van der Waals surface area contributed by atoms with E-state index in [0.717, 1.165) is 21.8 Å². The van der Waals surface area contributed by atoms with Gasteiger partial charge >= 0.3 is 0 Å². The van der Waals surface area contributed by atoms with Gasteiger partial charge in [-0.1, -0.05) is 28.1 Å². The van der Waals surface area contributed by atoms with Gasteiger partial charge in [0.2, 0.25) is 0 Å². The average Bonchev–Trinajstić information content (AvgIpc) is 2.74. The van der Waals surface area contributed by atoms with Gasteiger partial charge in [-0.2, -0.15) is 0 Å². The Balaban J connectivity index is 2.04. The summed E-state index contributed by atoms with van der Waals surface area (Å²) < 4.78 is 2.24. The van der Waals surface area contributed by atoms with Gasteiger partial charge < -0.3 is 5.11 Å². The van der Waals surface area contributed by atoms with Crippen molar-refractivity contribution in [1.29, 1.82) is 0 Å². The zero-order valence-corrected chi connectivity index (χ0v) is 13.8. The molecule has 0 saturated carbocycles. The molecule has 1 heterocycles. The lowest BCUT2D eigenvalue weighted by atomic mass is 9.96. The fraction of sp³-hybridized carbons (Fsp3) is 0.286. The maximum Gasteiger partial charge on any atom is 0.0465 e. The lowest BCUT2D eigenvalue weighted by molar-refractivity contribution is 0.225. The summed E-state index contributed by atoms with van der Waals surface area (Å²) in [5, 5.41) is 11.6. The quantitative estimate of drug-likeness (QED) is 0.787. The summed E-state index contributed by atoms with van der Waals surface area (Å²) in [6.07, 6.45) is 1.82. The van der Waals surface area contributed by atoms with Crippen LogP contribution in [0, 0.1) is 5.92 Å². The zero-order chi connectivity index (χ0) is 13.0. The van der Waals surface area contributed by atoms with E-state index in [-0.39, 0.29) is 12.5 Å². The minimum Gasteiger partial charge on any atom is -0.396 e. The maximum absolute atomic E-state index is 9.52. The molecule has 1 aromatic carbocycles. The molecular formula is C14H14Br2OS. The van der Waals surface area contributed by atoms with Gasteiger partial charge in [-0.05, 0) is 63.8 Å². The summed E-state index contributed by atoms with van der Waals surface area (Å²) in [5.41, 5.74) is 1.26. The third-order valence-electron chi connectivity index (χ3n) is 2.84. The third-order valence-corrected chi connectivity index (χ3v) is 5.28. The summed E-state index contributed by atoms with van der Waals surface area (Å²) in [7, 11) is 0. The first kappa shape index (κ1) is 14.3. The minimum atomic E-state index is 0.219. The van der Waals surface area contributed by atoms with E-state index in [9.17, 15) is 5.11 Å². The van der Waals surface area contributed by atoms with Crippen molar-refractivity contribution >= 4 is 43.2 Å². The summed E-state index contributed by atoms with van der Waals surface area (Å²) in [6.45, 7) is 0.219. The van der Waals surface area contributed by atoms with Crippen molar-refractivity contribution in [3.05, 3.63) is 55.1 Å². The Morgan fingerprint density at radius 3 is 2.61 bits per heavy atom. The highest BCUT2D eigenvalue weighted by atomic mass is 79.9. The molecule has 2 aromatic rings. The Labute approximate surface area is 128 Å². The highest BCUT2D eigenvalue weighted by Gasteiger charge is 2.12. The van der Waals surface area contributed by atoms with Gasteiger partial charge in [-0.3, -0.25) is 0 Å². The van der Waals surface area contributed by atoms with Crippen LogP contribution in [-0.4, -0.2) is 11.7 Å². The predicted octanol–water partition coefficient (Wildman–Crippen LogP) is 4.67. The van der Waals surface area contributed by atoms with Crippen molar-refractivity contribution in [2.45, 2.75) is 12.8 Å². The molecule has 0 saturated heterocycles. The van der Waals surface area contributed by atoms with Gasteiger partial charge in [0.25, 0.3) is 0 Å². The molecule has 0 bridgehead atoms. The summed E-state index contributed by atoms with van der Waals surface area (Å²) in [6, 6.07) is 10.3. The van der Waals surface area contributed by atoms with Crippen molar-refractivity contribution in [1.82, 2.24) is 0 Å². The lowest BCUT2D eigenvalue weighted by Crippen LogP contribution is -2.12. The summed E-state index contributed by atoms with van der Waals surface area (Å²) in [5.74, 6) is 0.272. The average molecular weight is 390 g/mol. The molecule has 0 aliphatic carbocycles. The van der Waals surface area contributed by atoms with Crippen LogP contribution in [0.1, 0.15) is 10.4 Å². The van der Waals surface area contributed by atoms with Gasteiger partial charge in [0.1, 0.15) is 0 Å². The van der Waals surface area contributed by atoms with E-state index < -0.39 is 0 Å². The normalized spacial score (nSPS) is 12.6. The first-order chi connectivity index (χ1) is 8.69. The van der Waals surface area contributed by atoms with Crippen molar-refractivity contribution in [2.75, 3.05) is 6.61 Å². The molecule has 1 N–H and O–H groups in total. The Morgan fingerprint density at radius 2 is 2.00 bits per heavy atom. The van der Waals surface area contributed by atoms with E-state index in [1.807, 2.05) is 12.1 Å². The molecule has 0 aliphatic rings. The molecule has 0 aliphatic heterocycles. The van der Waals surface area contributed by atoms with Crippen LogP contribution in [0.5, 0.6) is 0 Å². The van der Waals surface area contributed by atoms with Crippen LogP contribution in [0.3, 0.4) is 0 Å². The fourth-order valence-electron chi connectivity index (χ4n) is 1.93. The van der Waals surface area contributed by atoms with E-state index in [0.29, 0.717) is 0 Å². The van der Waals surface area contributed by atoms with Gasteiger partial charge in [0.05, 0.1) is 0 Å². The number of hydrogen-bond donors (Lipinski definition) is 1. The third kappa shape index (κ3) is 3.92. The van der Waals surface area contributed by atoms with E-state index in [4.69, 9.17) is 0 Å². The van der Waals surface area contributed by atoms with E-state index >= 15 is 0 Å². The number of aliphatic hydroxyl groups is 1. The van der Waals surface area contributed by atoms with Gasteiger partial charge in [0, 0.05) is 20.4 Å². The predicted molar refractivity (Wildman–Crippen MR) is 84.1 cm³/mol. The minimum absolute atomic E-state index is 0.219. The number of benzene rings is 1. The Hall–Kier alpha value is -0.160. The Kier molecular flexibility index (Phi) is 5.42. The van der Waals surface area contributed by atoms with Crippen molar-refractivity contribution < 1.29 is 5.11 Å². The summed E-state index contributed by atoms with van der Waals surface area (Å²) >= 11 is 8.76. The number of rotatable bonds is 5. The number of hydrogen-bond acceptors (Lipinski definition) is 2. The largest absolute Gasteiger partial charge is 0.396 e. The second-order valence-electron chi connectivity index (χ2n) is 4.28. The lowest BCUT2D eigenvalue weighted by Gasteiger charge is -2.13. The Morgan fingerprint density at radius 1 is 1.17 bits per heavy atom. The molecule has 2 rings (SSSR count). The Bertz CT molecular complexity index is 510. The number of thiophene rings is 1. The highest BCUT2D eigenvalue weighted by molar-refractivity contribution is 9.10. The molecule has 1 nitrogen and oxygen atoms in total. The monoisotopic (exact) mass is 388 g/mol. The standard InChI is InChI=1S/C14H14Br2OS/c15-12-3-1-2-10(7-12)6-11(9-17)8-14-13(16)4-5-18-14/h1-5,7,11,17H,6,8-9H2. The van der Waals surface area contributed by atoms with Crippen LogP contribution in [0.4, 0.5) is 0 Å². The summed E-state index contributed by atoms with van der Waals surface area (Å²) in [4.78, 5) is 1.31. The molecule has 96 valence electrons. The number of halogens is 2.